The van der Waals surface area contributed by atoms with Crippen LogP contribution in [0.3, 0.4) is 0 Å². The second-order valence-electron chi connectivity index (χ2n) is 3.27. The number of aromatic hydroxyl groups is 1. The predicted octanol–water partition coefficient (Wildman–Crippen LogP) is 1.32. The molecule has 0 fully saturated rings. The summed E-state index contributed by atoms with van der Waals surface area (Å²) in [4.78, 5) is 10.9. The van der Waals surface area contributed by atoms with Gasteiger partial charge in [-0.2, -0.15) is 4.39 Å². The van der Waals surface area contributed by atoms with E-state index in [0.717, 1.165) is 6.07 Å². The Morgan fingerprint density at radius 1 is 1.71 bits per heavy atom. The molecule has 0 heterocycles. The lowest BCUT2D eigenvalue weighted by Gasteiger charge is -2.15. The van der Waals surface area contributed by atoms with Crippen molar-refractivity contribution in [3.63, 3.8) is 0 Å². The molecule has 1 unspecified atom stereocenters. The van der Waals surface area contributed by atoms with Crippen LogP contribution in [0, 0.1) is 5.82 Å². The van der Waals surface area contributed by atoms with Crippen molar-refractivity contribution in [3.8, 4) is 11.5 Å². The van der Waals surface area contributed by atoms with Crippen molar-refractivity contribution in [2.75, 3.05) is 13.7 Å². The van der Waals surface area contributed by atoms with Gasteiger partial charge in [0.25, 0.3) is 0 Å². The maximum absolute atomic E-state index is 13.6. The molecule has 4 N–H and O–H groups in total. The molecule has 0 aliphatic heterocycles. The Morgan fingerprint density at radius 2 is 2.29 bits per heavy atom. The largest absolute Gasteiger partial charge is 0.505 e. The molecule has 0 saturated heterocycles. The average molecular weight is 264 g/mol. The zero-order valence-corrected chi connectivity index (χ0v) is 9.66. The molecule has 7 heteroatoms. The quantitative estimate of drug-likeness (QED) is 0.762. The zero-order chi connectivity index (χ0) is 13.2. The highest BCUT2D eigenvalue weighted by atomic mass is 35.5. The van der Waals surface area contributed by atoms with Gasteiger partial charge >= 0.3 is 5.97 Å². The molecule has 0 bridgehead atoms. The minimum absolute atomic E-state index is 0.127. The highest BCUT2D eigenvalue weighted by Gasteiger charge is 2.26. The molecular formula is C10H11ClFNO4. The van der Waals surface area contributed by atoms with Gasteiger partial charge in [0.15, 0.2) is 11.5 Å². The molecule has 94 valence electrons. The van der Waals surface area contributed by atoms with E-state index in [1.807, 2.05) is 0 Å². The monoisotopic (exact) mass is 263 g/mol. The van der Waals surface area contributed by atoms with Crippen LogP contribution in [-0.2, 0) is 4.79 Å². The van der Waals surface area contributed by atoms with E-state index in [0.29, 0.717) is 0 Å². The van der Waals surface area contributed by atoms with Crippen molar-refractivity contribution >= 4 is 17.6 Å². The summed E-state index contributed by atoms with van der Waals surface area (Å²) in [6, 6.07) is 1.13. The zero-order valence-electron chi connectivity index (χ0n) is 8.91. The number of aliphatic carboxylic acids is 1. The molecule has 0 spiro atoms. The number of carboxylic acids is 1. The number of rotatable bonds is 4. The molecule has 0 aliphatic carbocycles. The first-order valence-electron chi connectivity index (χ1n) is 4.61. The molecular weight excluding hydrogens is 253 g/mol. The van der Waals surface area contributed by atoms with Crippen molar-refractivity contribution in [2.24, 2.45) is 5.73 Å². The van der Waals surface area contributed by atoms with Crippen LogP contribution in [0.25, 0.3) is 0 Å². The fourth-order valence-corrected chi connectivity index (χ4v) is 1.70. The fraction of sp³-hybridized carbons (Fsp3) is 0.300. The number of ether oxygens (including phenoxy) is 1. The molecule has 0 radical (unpaired) electrons. The van der Waals surface area contributed by atoms with E-state index in [4.69, 9.17) is 22.4 Å². The Balaban J connectivity index is 3.41. The smallest absolute Gasteiger partial charge is 0.312 e. The van der Waals surface area contributed by atoms with Crippen molar-refractivity contribution in [1.29, 1.82) is 0 Å². The molecule has 0 aliphatic rings. The van der Waals surface area contributed by atoms with E-state index in [2.05, 4.69) is 4.74 Å². The maximum atomic E-state index is 13.6. The number of hydrogen-bond donors (Lipinski definition) is 3. The van der Waals surface area contributed by atoms with Crippen LogP contribution in [0.1, 0.15) is 11.5 Å². The second kappa shape index (κ2) is 5.20. The van der Waals surface area contributed by atoms with Gasteiger partial charge in [0.2, 0.25) is 5.82 Å². The van der Waals surface area contributed by atoms with Gasteiger partial charge in [0.1, 0.15) is 0 Å². The molecule has 1 rings (SSSR count). The van der Waals surface area contributed by atoms with Crippen molar-refractivity contribution in [1.82, 2.24) is 0 Å². The summed E-state index contributed by atoms with van der Waals surface area (Å²) < 4.78 is 18.2. The number of hydrogen-bond acceptors (Lipinski definition) is 4. The van der Waals surface area contributed by atoms with Crippen LogP contribution in [0.4, 0.5) is 4.39 Å². The standard InChI is InChI=1S/C10H11ClFNO4/c1-17-9-6(11)2-4(8(14)7(9)12)5(3-13)10(15)16/h2,5,14H,3,13H2,1H3,(H,15,16). The van der Waals surface area contributed by atoms with Gasteiger partial charge in [-0.25, -0.2) is 0 Å². The first kappa shape index (κ1) is 13.5. The summed E-state index contributed by atoms with van der Waals surface area (Å²) in [5.74, 6) is -4.76. The number of carboxylic acid groups (broad SMARTS) is 1. The summed E-state index contributed by atoms with van der Waals surface area (Å²) >= 11 is 5.70. The highest BCUT2D eigenvalue weighted by molar-refractivity contribution is 6.32. The van der Waals surface area contributed by atoms with Crippen LogP contribution in [0.15, 0.2) is 6.07 Å². The number of methoxy groups -OCH3 is 1. The third kappa shape index (κ3) is 2.42. The Kier molecular flexibility index (Phi) is 4.14. The lowest BCUT2D eigenvalue weighted by molar-refractivity contribution is -0.138. The first-order valence-corrected chi connectivity index (χ1v) is 4.99. The van der Waals surface area contributed by atoms with Crippen LogP contribution in [-0.4, -0.2) is 29.8 Å². The van der Waals surface area contributed by atoms with Crippen LogP contribution < -0.4 is 10.5 Å². The SMILES string of the molecule is COc1c(Cl)cc(C(CN)C(=O)O)c(O)c1F. The number of nitrogens with two attached hydrogens (primary N) is 1. The maximum Gasteiger partial charge on any atom is 0.312 e. The van der Waals surface area contributed by atoms with Gasteiger partial charge in [-0.1, -0.05) is 11.6 Å². The average Bonchev–Trinajstić information content (AvgIpc) is 2.26. The molecule has 1 aromatic rings. The summed E-state index contributed by atoms with van der Waals surface area (Å²) in [5, 5.41) is 18.3. The van der Waals surface area contributed by atoms with Crippen LogP contribution in [0.2, 0.25) is 5.02 Å². The summed E-state index contributed by atoms with van der Waals surface area (Å²) in [6.45, 7) is -0.287. The highest BCUT2D eigenvalue weighted by Crippen LogP contribution is 2.39. The molecule has 1 aromatic carbocycles. The third-order valence-corrected chi connectivity index (χ3v) is 2.57. The van der Waals surface area contributed by atoms with E-state index in [9.17, 15) is 14.3 Å². The third-order valence-electron chi connectivity index (χ3n) is 2.29. The summed E-state index contributed by atoms with van der Waals surface area (Å²) in [7, 11) is 1.18. The minimum Gasteiger partial charge on any atom is -0.505 e. The fourth-order valence-electron chi connectivity index (χ4n) is 1.42. The van der Waals surface area contributed by atoms with Crippen molar-refractivity contribution in [3.05, 3.63) is 22.5 Å². The lowest BCUT2D eigenvalue weighted by atomic mass is 9.98. The van der Waals surface area contributed by atoms with Gasteiger partial charge in [-0.3, -0.25) is 4.79 Å². The normalized spacial score (nSPS) is 12.2. The van der Waals surface area contributed by atoms with Gasteiger partial charge in [0, 0.05) is 12.1 Å². The van der Waals surface area contributed by atoms with Gasteiger partial charge in [0.05, 0.1) is 18.1 Å². The number of halogens is 2. The molecule has 5 nitrogen and oxygen atoms in total. The molecule has 0 amide bonds. The Hall–Kier alpha value is -1.53. The number of phenols is 1. The van der Waals surface area contributed by atoms with Crippen LogP contribution in [0.5, 0.6) is 11.5 Å². The topological polar surface area (TPSA) is 92.8 Å². The predicted molar refractivity (Wildman–Crippen MR) is 59.1 cm³/mol. The van der Waals surface area contributed by atoms with E-state index in [1.54, 1.807) is 0 Å². The number of benzene rings is 1. The Bertz CT molecular complexity index is 452. The molecule has 0 saturated carbocycles. The lowest BCUT2D eigenvalue weighted by Crippen LogP contribution is -2.21. The van der Waals surface area contributed by atoms with Crippen molar-refractivity contribution in [2.45, 2.75) is 5.92 Å². The van der Waals surface area contributed by atoms with Gasteiger partial charge < -0.3 is 20.7 Å². The van der Waals surface area contributed by atoms with Crippen LogP contribution >= 0.6 is 11.6 Å². The Labute approximate surface area is 102 Å². The molecule has 1 atom stereocenters. The molecule has 0 aromatic heterocycles. The summed E-state index contributed by atoms with van der Waals surface area (Å²) in [6.07, 6.45) is 0. The first-order chi connectivity index (χ1) is 7.93. The summed E-state index contributed by atoms with van der Waals surface area (Å²) in [5.41, 5.74) is 5.08. The van der Waals surface area contributed by atoms with Gasteiger partial charge in [-0.05, 0) is 6.07 Å². The molecule has 17 heavy (non-hydrogen) atoms. The number of phenolic OH excluding ortho intramolecular Hbond substituents is 1. The van der Waals surface area contributed by atoms with Crippen molar-refractivity contribution < 1.29 is 24.1 Å². The Morgan fingerprint density at radius 3 is 2.71 bits per heavy atom. The minimum atomic E-state index is -1.27. The van der Waals surface area contributed by atoms with E-state index < -0.39 is 23.5 Å². The van der Waals surface area contributed by atoms with E-state index in [1.165, 1.54) is 7.11 Å². The van der Waals surface area contributed by atoms with E-state index in [-0.39, 0.29) is 22.9 Å². The van der Waals surface area contributed by atoms with E-state index >= 15 is 0 Å². The second-order valence-corrected chi connectivity index (χ2v) is 3.68. The number of carbonyl (C=O) groups is 1. The van der Waals surface area contributed by atoms with Gasteiger partial charge in [-0.15, -0.1) is 0 Å².